The fourth-order valence-corrected chi connectivity index (χ4v) is 4.68. The number of rotatable bonds is 5. The number of methoxy groups -OCH3 is 2. The van der Waals surface area contributed by atoms with E-state index in [4.69, 9.17) is 9.47 Å². The van der Waals surface area contributed by atoms with Gasteiger partial charge < -0.3 is 14.6 Å². The molecule has 5 nitrogen and oxygen atoms in total. The third kappa shape index (κ3) is 3.13. The van der Waals surface area contributed by atoms with Crippen molar-refractivity contribution in [3.05, 3.63) is 35.9 Å². The lowest BCUT2D eigenvalue weighted by atomic mass is 9.63. The van der Waals surface area contributed by atoms with Gasteiger partial charge in [0, 0.05) is 25.2 Å². The highest BCUT2D eigenvalue weighted by Gasteiger charge is 2.71. The van der Waals surface area contributed by atoms with Gasteiger partial charge in [-0.3, -0.25) is 9.59 Å². The fraction of sp³-hybridized carbons (Fsp3) is 0.619. The summed E-state index contributed by atoms with van der Waals surface area (Å²) in [6.45, 7) is 6.34. The first kappa shape index (κ1) is 20.7. The molecule has 0 spiro atoms. The summed E-state index contributed by atoms with van der Waals surface area (Å²) < 4.78 is 10.1. The Hall–Kier alpha value is -1.56. The number of hydrogen-bond donors (Lipinski definition) is 1. The summed E-state index contributed by atoms with van der Waals surface area (Å²) in [6.07, 6.45) is 2.36. The van der Waals surface area contributed by atoms with Gasteiger partial charge in [0.1, 0.15) is 11.9 Å². The molecule has 144 valence electrons. The maximum absolute atomic E-state index is 12.5. The van der Waals surface area contributed by atoms with Crippen molar-refractivity contribution in [3.8, 4) is 0 Å². The number of ketones is 1. The maximum atomic E-state index is 12.5. The van der Waals surface area contributed by atoms with Crippen molar-refractivity contribution in [3.63, 3.8) is 0 Å². The molecule has 1 N–H and O–H groups in total. The molecule has 1 aromatic carbocycles. The van der Waals surface area contributed by atoms with Gasteiger partial charge in [-0.25, -0.2) is 0 Å². The summed E-state index contributed by atoms with van der Waals surface area (Å²) in [4.78, 5) is 22.5. The number of carbonyl (C=O) groups excluding carboxylic acids is 2. The predicted octanol–water partition coefficient (Wildman–Crippen LogP) is 3.25. The molecular weight excluding hydrogens is 332 g/mol. The molecule has 3 atom stereocenters. The number of aliphatic hydroxyl groups is 1. The van der Waals surface area contributed by atoms with Crippen molar-refractivity contribution in [2.75, 3.05) is 14.2 Å². The molecule has 0 aromatic heterocycles. The minimum absolute atomic E-state index is 0.0244. The predicted molar refractivity (Wildman–Crippen MR) is 98.8 cm³/mol. The largest absolute Gasteiger partial charge is 0.381 e. The van der Waals surface area contributed by atoms with Gasteiger partial charge >= 0.3 is 0 Å². The lowest BCUT2D eigenvalue weighted by molar-refractivity contribution is -0.189. The Morgan fingerprint density at radius 2 is 1.77 bits per heavy atom. The van der Waals surface area contributed by atoms with Crippen LogP contribution in [-0.4, -0.2) is 43.3 Å². The molecule has 0 heterocycles. The molecule has 1 aromatic rings. The number of fused-ring (bicyclic) bond motifs is 2. The van der Waals surface area contributed by atoms with Crippen LogP contribution >= 0.6 is 0 Å². The van der Waals surface area contributed by atoms with Crippen molar-refractivity contribution in [1.82, 2.24) is 0 Å². The minimum Gasteiger partial charge on any atom is -0.381 e. The molecule has 3 unspecified atom stereocenters. The van der Waals surface area contributed by atoms with Crippen molar-refractivity contribution >= 4 is 12.1 Å². The van der Waals surface area contributed by atoms with E-state index < -0.39 is 17.3 Å². The van der Waals surface area contributed by atoms with Crippen molar-refractivity contribution < 1.29 is 24.2 Å². The average Bonchev–Trinajstić information content (AvgIpc) is 2.96. The lowest BCUT2D eigenvalue weighted by Gasteiger charge is -2.44. The molecule has 0 radical (unpaired) electrons. The molecule has 26 heavy (non-hydrogen) atoms. The Morgan fingerprint density at radius 3 is 2.12 bits per heavy atom. The minimum atomic E-state index is -1.32. The zero-order chi connectivity index (χ0) is 19.6. The smallest absolute Gasteiger partial charge is 0.220 e. The van der Waals surface area contributed by atoms with Gasteiger partial charge in [0.25, 0.3) is 0 Å². The van der Waals surface area contributed by atoms with E-state index >= 15 is 0 Å². The highest BCUT2D eigenvalue weighted by Crippen LogP contribution is 2.69. The lowest BCUT2D eigenvalue weighted by Crippen LogP contribution is -2.56. The Bertz CT molecular complexity index is 637. The number of Topliss-reactive ketones (excluding diaryl/α,β-unsaturated/α-hetero) is 1. The first-order valence-electron chi connectivity index (χ1n) is 9.00. The Balaban J connectivity index is 0.000000254. The molecule has 2 aliphatic rings. The van der Waals surface area contributed by atoms with E-state index in [-0.39, 0.29) is 11.2 Å². The third-order valence-corrected chi connectivity index (χ3v) is 6.88. The van der Waals surface area contributed by atoms with Crippen LogP contribution in [-0.2, 0) is 14.3 Å². The quantitative estimate of drug-likeness (QED) is 0.643. The van der Waals surface area contributed by atoms with Gasteiger partial charge in [-0.1, -0.05) is 51.1 Å². The van der Waals surface area contributed by atoms with E-state index in [1.807, 2.05) is 25.1 Å². The van der Waals surface area contributed by atoms with Crippen LogP contribution in [0.4, 0.5) is 0 Å². The highest BCUT2D eigenvalue weighted by molar-refractivity contribution is 5.91. The average molecular weight is 362 g/mol. The Labute approximate surface area is 155 Å². The normalized spacial score (nSPS) is 31.4. The third-order valence-electron chi connectivity index (χ3n) is 6.88. The van der Waals surface area contributed by atoms with E-state index in [0.717, 1.165) is 24.7 Å². The highest BCUT2D eigenvalue weighted by atomic mass is 16.7. The van der Waals surface area contributed by atoms with E-state index in [0.29, 0.717) is 12.3 Å². The number of hydrogen-bond acceptors (Lipinski definition) is 5. The van der Waals surface area contributed by atoms with Crippen LogP contribution in [0.5, 0.6) is 0 Å². The van der Waals surface area contributed by atoms with Crippen molar-refractivity contribution in [1.29, 1.82) is 0 Å². The second kappa shape index (κ2) is 7.59. The van der Waals surface area contributed by atoms with Crippen LogP contribution < -0.4 is 0 Å². The van der Waals surface area contributed by atoms with Gasteiger partial charge in [0.05, 0.1) is 0 Å². The molecular formula is C21H30O5. The van der Waals surface area contributed by atoms with Crippen molar-refractivity contribution in [2.45, 2.75) is 51.9 Å². The van der Waals surface area contributed by atoms with E-state index in [1.165, 1.54) is 14.2 Å². The summed E-state index contributed by atoms with van der Waals surface area (Å²) in [5, 5.41) is 11.0. The molecule has 0 aliphatic heterocycles. The molecule has 2 saturated carbocycles. The summed E-state index contributed by atoms with van der Waals surface area (Å²) in [5.41, 5.74) is -1.01. The number of carbonyl (C=O) groups is 2. The fourth-order valence-electron chi connectivity index (χ4n) is 4.68. The first-order chi connectivity index (χ1) is 12.2. The van der Waals surface area contributed by atoms with E-state index in [9.17, 15) is 14.7 Å². The zero-order valence-electron chi connectivity index (χ0n) is 16.3. The summed E-state index contributed by atoms with van der Waals surface area (Å²) in [5.74, 6) is 0.0658. The standard InChI is InChI=1S/C14H24O4.C7H6O/c1-12(2)9-6-7-13(12,3)14(16,8-9)10(15)11(17-4)18-5;8-6-7-4-2-1-3-5-7/h9,11,16H,6-8H2,1-5H3;1-6H. The van der Waals surface area contributed by atoms with Gasteiger partial charge in [-0.05, 0) is 30.6 Å². The van der Waals surface area contributed by atoms with Crippen LogP contribution in [0.15, 0.2) is 30.3 Å². The molecule has 2 aliphatic carbocycles. The van der Waals surface area contributed by atoms with Crippen LogP contribution in [0.25, 0.3) is 0 Å². The van der Waals surface area contributed by atoms with E-state index in [1.54, 1.807) is 12.1 Å². The van der Waals surface area contributed by atoms with Gasteiger partial charge in [-0.2, -0.15) is 0 Å². The van der Waals surface area contributed by atoms with Crippen LogP contribution in [0.2, 0.25) is 0 Å². The number of aldehydes is 1. The van der Waals surface area contributed by atoms with Crippen LogP contribution in [0, 0.1) is 16.7 Å². The second-order valence-electron chi connectivity index (χ2n) is 8.05. The second-order valence-corrected chi connectivity index (χ2v) is 8.05. The SMILES string of the molecule is COC(OC)C(=O)C1(O)CC2CCC1(C)C2(C)C.O=Cc1ccccc1. The first-order valence-corrected chi connectivity index (χ1v) is 9.00. The van der Waals surface area contributed by atoms with Crippen LogP contribution in [0.1, 0.15) is 50.4 Å². The maximum Gasteiger partial charge on any atom is 0.220 e. The van der Waals surface area contributed by atoms with Crippen molar-refractivity contribution in [2.24, 2.45) is 16.7 Å². The van der Waals surface area contributed by atoms with Gasteiger partial charge in [-0.15, -0.1) is 0 Å². The topological polar surface area (TPSA) is 72.8 Å². The summed E-state index contributed by atoms with van der Waals surface area (Å²) in [6, 6.07) is 9.10. The van der Waals surface area contributed by atoms with Gasteiger partial charge in [0.2, 0.25) is 12.1 Å². The molecule has 2 bridgehead atoms. The monoisotopic (exact) mass is 362 g/mol. The molecule has 0 amide bonds. The number of benzene rings is 1. The Kier molecular flexibility index (Phi) is 6.06. The molecule has 2 fully saturated rings. The number of ether oxygens (including phenoxy) is 2. The van der Waals surface area contributed by atoms with Crippen LogP contribution in [0.3, 0.4) is 0 Å². The zero-order valence-corrected chi connectivity index (χ0v) is 16.3. The summed E-state index contributed by atoms with van der Waals surface area (Å²) in [7, 11) is 2.85. The van der Waals surface area contributed by atoms with E-state index in [2.05, 4.69) is 13.8 Å². The van der Waals surface area contributed by atoms with Gasteiger partial charge in [0.15, 0.2) is 0 Å². The Morgan fingerprint density at radius 1 is 1.19 bits per heavy atom. The molecule has 0 saturated heterocycles. The molecule has 3 rings (SSSR count). The summed E-state index contributed by atoms with van der Waals surface area (Å²) >= 11 is 0. The molecule has 5 heteroatoms.